The van der Waals surface area contributed by atoms with Crippen molar-refractivity contribution < 1.29 is 0 Å². The van der Waals surface area contributed by atoms with E-state index in [1.54, 1.807) is 11.3 Å². The van der Waals surface area contributed by atoms with Crippen molar-refractivity contribution in [2.75, 3.05) is 4.90 Å². The highest BCUT2D eigenvalue weighted by molar-refractivity contribution is 7.27. The second-order valence-corrected chi connectivity index (χ2v) is 18.1. The second-order valence-electron chi connectivity index (χ2n) is 15.9. The first-order valence-corrected chi connectivity index (χ1v) is 22.9. The molecular formula is C59H38N2S2. The van der Waals surface area contributed by atoms with Crippen LogP contribution < -0.4 is 4.90 Å². The number of hydrogen-bond donors (Lipinski definition) is 0. The minimum absolute atomic E-state index is 1.04. The summed E-state index contributed by atoms with van der Waals surface area (Å²) in [5.74, 6) is 0. The summed E-state index contributed by atoms with van der Waals surface area (Å²) in [5, 5.41) is 6.04. The van der Waals surface area contributed by atoms with Gasteiger partial charge in [0.2, 0.25) is 0 Å². The van der Waals surface area contributed by atoms with Gasteiger partial charge in [0, 0.05) is 48.4 Å². The molecule has 0 fully saturated rings. The normalized spacial score (nSPS) is 11.5. The molecule has 0 radical (unpaired) electrons. The van der Waals surface area contributed by atoms with Crippen LogP contribution in [0.5, 0.6) is 0 Å². The maximum absolute atomic E-state index is 5.45. The smallest absolute Gasteiger partial charge is 0.124 e. The number of anilines is 3. The molecule has 2 aromatic heterocycles. The van der Waals surface area contributed by atoms with Crippen LogP contribution in [0.1, 0.15) is 0 Å². The molecule has 0 bridgehead atoms. The van der Waals surface area contributed by atoms with E-state index in [4.69, 9.17) is 4.98 Å². The van der Waals surface area contributed by atoms with Crippen molar-refractivity contribution >= 4 is 80.9 Å². The molecule has 0 unspecified atom stereocenters. The minimum atomic E-state index is 1.04. The number of benzene rings is 10. The monoisotopic (exact) mass is 838 g/mol. The molecule has 10 aromatic carbocycles. The largest absolute Gasteiger partial charge is 0.311 e. The van der Waals surface area contributed by atoms with E-state index in [0.717, 1.165) is 38.7 Å². The highest BCUT2D eigenvalue weighted by Gasteiger charge is 2.21. The van der Waals surface area contributed by atoms with Crippen LogP contribution in [0.25, 0.3) is 96.2 Å². The summed E-state index contributed by atoms with van der Waals surface area (Å²) >= 11 is 3.64. The zero-order valence-electron chi connectivity index (χ0n) is 34.2. The molecule has 0 saturated carbocycles. The summed E-state index contributed by atoms with van der Waals surface area (Å²) in [6.45, 7) is 0. The fourth-order valence-corrected chi connectivity index (χ4v) is 11.2. The van der Waals surface area contributed by atoms with Crippen molar-refractivity contribution in [3.63, 3.8) is 0 Å². The highest BCUT2D eigenvalue weighted by atomic mass is 32.1. The third kappa shape index (κ3) is 6.87. The molecule has 0 saturated heterocycles. The van der Waals surface area contributed by atoms with Gasteiger partial charge in [0.1, 0.15) is 5.01 Å². The Balaban J connectivity index is 0.959. The van der Waals surface area contributed by atoms with E-state index in [2.05, 4.69) is 235 Å². The van der Waals surface area contributed by atoms with E-state index < -0.39 is 0 Å². The molecule has 12 rings (SSSR count). The van der Waals surface area contributed by atoms with Crippen molar-refractivity contribution in [1.29, 1.82) is 0 Å². The van der Waals surface area contributed by atoms with Gasteiger partial charge >= 0.3 is 0 Å². The highest BCUT2D eigenvalue weighted by Crippen LogP contribution is 2.47. The van der Waals surface area contributed by atoms with Gasteiger partial charge in [-0.15, -0.1) is 22.7 Å². The van der Waals surface area contributed by atoms with Crippen LogP contribution in [0, 0.1) is 0 Å². The van der Waals surface area contributed by atoms with Crippen LogP contribution in [0.3, 0.4) is 0 Å². The lowest BCUT2D eigenvalue weighted by Crippen LogP contribution is -2.09. The molecule has 4 heteroatoms. The summed E-state index contributed by atoms with van der Waals surface area (Å²) in [4.78, 5) is 7.81. The van der Waals surface area contributed by atoms with E-state index in [0.29, 0.717) is 0 Å². The predicted octanol–water partition coefficient (Wildman–Crippen LogP) is 17.6. The van der Waals surface area contributed by atoms with Crippen LogP contribution in [0.4, 0.5) is 17.1 Å². The van der Waals surface area contributed by atoms with Crippen LogP contribution in [-0.2, 0) is 0 Å². The van der Waals surface area contributed by atoms with Crippen molar-refractivity contribution in [2.24, 2.45) is 0 Å². The number of aromatic nitrogens is 1. The van der Waals surface area contributed by atoms with Crippen LogP contribution in [0.15, 0.2) is 231 Å². The third-order valence-corrected chi connectivity index (χ3v) is 14.3. The van der Waals surface area contributed by atoms with Gasteiger partial charge in [0.05, 0.1) is 10.2 Å². The van der Waals surface area contributed by atoms with E-state index >= 15 is 0 Å². The Bertz CT molecular complexity index is 3570. The van der Waals surface area contributed by atoms with Crippen molar-refractivity contribution in [1.82, 2.24) is 4.98 Å². The Morgan fingerprint density at radius 1 is 0.317 bits per heavy atom. The summed E-state index contributed by atoms with van der Waals surface area (Å²) < 4.78 is 3.77. The Hall–Kier alpha value is -7.63. The summed E-state index contributed by atoms with van der Waals surface area (Å²) in [7, 11) is 0. The van der Waals surface area contributed by atoms with Gasteiger partial charge in [-0.2, -0.15) is 0 Å². The second kappa shape index (κ2) is 15.7. The summed E-state index contributed by atoms with van der Waals surface area (Å²) in [6.07, 6.45) is 0. The molecule has 63 heavy (non-hydrogen) atoms. The van der Waals surface area contributed by atoms with Crippen molar-refractivity contribution in [3.05, 3.63) is 231 Å². The maximum atomic E-state index is 5.45. The number of hydrogen-bond acceptors (Lipinski definition) is 4. The molecule has 2 nitrogen and oxygen atoms in total. The zero-order chi connectivity index (χ0) is 41.7. The Morgan fingerprint density at radius 3 is 1.37 bits per heavy atom. The van der Waals surface area contributed by atoms with E-state index in [1.807, 2.05) is 11.3 Å². The molecule has 0 N–H and O–H groups in total. The Labute approximate surface area is 374 Å². The number of fused-ring (bicyclic) bond motifs is 5. The van der Waals surface area contributed by atoms with Gasteiger partial charge < -0.3 is 4.90 Å². The van der Waals surface area contributed by atoms with Crippen molar-refractivity contribution in [2.45, 2.75) is 0 Å². The quantitative estimate of drug-likeness (QED) is 0.152. The topological polar surface area (TPSA) is 16.1 Å². The zero-order valence-corrected chi connectivity index (χ0v) is 35.8. The molecule has 0 aliphatic rings. The standard InChI is InChI=1S/C59H38N2S2/c1-3-11-39(12-4-1)42-19-21-43(22-20-42)45-27-33-50(34-28-45)61(49-31-25-44(26-32-49)40-13-5-2-6-14-40)51-35-29-46(30-36-51)56-57-52-17-9-10-18-53(52)62-54(57)38-55-58(56)60-59(63-55)48-24-23-41-15-7-8-16-47(41)37-48/h1-38H. The van der Waals surface area contributed by atoms with Crippen LogP contribution in [-0.4, -0.2) is 4.98 Å². The van der Waals surface area contributed by atoms with Crippen LogP contribution >= 0.6 is 22.7 Å². The predicted molar refractivity (Wildman–Crippen MR) is 272 cm³/mol. The number of thiazole rings is 1. The van der Waals surface area contributed by atoms with Gasteiger partial charge in [0.15, 0.2) is 0 Å². The van der Waals surface area contributed by atoms with E-state index in [9.17, 15) is 0 Å². The molecule has 12 aromatic rings. The first-order valence-electron chi connectivity index (χ1n) is 21.3. The summed E-state index contributed by atoms with van der Waals surface area (Å²) in [6, 6.07) is 83.4. The molecule has 296 valence electrons. The van der Waals surface area contributed by atoms with Gasteiger partial charge in [-0.05, 0) is 104 Å². The average molecular weight is 839 g/mol. The Morgan fingerprint density at radius 2 is 0.778 bits per heavy atom. The maximum Gasteiger partial charge on any atom is 0.124 e. The molecule has 0 aliphatic carbocycles. The third-order valence-electron chi connectivity index (χ3n) is 12.1. The number of rotatable bonds is 8. The van der Waals surface area contributed by atoms with Gasteiger partial charge in [0.25, 0.3) is 0 Å². The SMILES string of the molecule is c1ccc(-c2ccc(-c3ccc(N(c4ccc(-c5ccccc5)cc4)c4ccc(-c5c6nc(-c7ccc8ccccc8c7)sc6cc6sc7ccccc7c56)cc4)cc3)cc2)cc1. The lowest BCUT2D eigenvalue weighted by Gasteiger charge is -2.26. The molecule has 0 aliphatic heterocycles. The van der Waals surface area contributed by atoms with E-state index in [-0.39, 0.29) is 0 Å². The first kappa shape index (κ1) is 37.2. The summed E-state index contributed by atoms with van der Waals surface area (Å²) in [5.41, 5.74) is 15.0. The minimum Gasteiger partial charge on any atom is -0.311 e. The van der Waals surface area contributed by atoms with E-state index in [1.165, 1.54) is 74.6 Å². The molecule has 0 spiro atoms. The number of nitrogens with zero attached hydrogens (tertiary/aromatic N) is 2. The Kier molecular flexibility index (Phi) is 9.25. The van der Waals surface area contributed by atoms with Gasteiger partial charge in [-0.3, -0.25) is 0 Å². The molecule has 2 heterocycles. The number of thiophene rings is 1. The van der Waals surface area contributed by atoms with Crippen molar-refractivity contribution in [3.8, 4) is 55.1 Å². The fraction of sp³-hybridized carbons (Fsp3) is 0. The van der Waals surface area contributed by atoms with Gasteiger partial charge in [-0.25, -0.2) is 4.98 Å². The average Bonchev–Trinajstić information content (AvgIpc) is 3.96. The first-order chi connectivity index (χ1) is 31.2. The lowest BCUT2D eigenvalue weighted by atomic mass is 9.97. The molecule has 0 atom stereocenters. The fourth-order valence-electron chi connectivity index (χ4n) is 8.94. The molecule has 0 amide bonds. The molecular weight excluding hydrogens is 801 g/mol. The van der Waals surface area contributed by atoms with Crippen LogP contribution in [0.2, 0.25) is 0 Å². The lowest BCUT2D eigenvalue weighted by molar-refractivity contribution is 1.28. The van der Waals surface area contributed by atoms with Gasteiger partial charge in [-0.1, -0.05) is 176 Å².